The van der Waals surface area contributed by atoms with Gasteiger partial charge in [0, 0.05) is 38.8 Å². The maximum absolute atomic E-state index is 13.0. The third-order valence-electron chi connectivity index (χ3n) is 6.03. The molecule has 1 heterocycles. The summed E-state index contributed by atoms with van der Waals surface area (Å²) in [6.45, 7) is 0.843. The zero-order chi connectivity index (χ0) is 25.7. The van der Waals surface area contributed by atoms with Crippen LogP contribution >= 0.6 is 31.9 Å². The number of nitrogens with one attached hydrogen (secondary N) is 2. The number of carbonyl (C=O) groups excluding carboxylic acids is 3. The summed E-state index contributed by atoms with van der Waals surface area (Å²) in [7, 11) is 1.59. The van der Waals surface area contributed by atoms with Gasteiger partial charge in [-0.1, -0.05) is 44.0 Å². The van der Waals surface area contributed by atoms with Crippen LogP contribution in [0.5, 0.6) is 5.75 Å². The Kier molecular flexibility index (Phi) is 8.43. The van der Waals surface area contributed by atoms with E-state index in [4.69, 9.17) is 4.74 Å². The zero-order valence-corrected chi connectivity index (χ0v) is 22.8. The van der Waals surface area contributed by atoms with Crippen LogP contribution in [0, 0.1) is 0 Å². The van der Waals surface area contributed by atoms with E-state index < -0.39 is 11.8 Å². The van der Waals surface area contributed by atoms with Crippen LogP contribution in [0.1, 0.15) is 40.4 Å². The van der Waals surface area contributed by atoms with Crippen LogP contribution in [0.25, 0.3) is 0 Å². The second kappa shape index (κ2) is 11.7. The molecule has 3 amide bonds. The lowest BCUT2D eigenvalue weighted by Gasteiger charge is -2.26. The Labute approximate surface area is 226 Å². The number of halogens is 2. The molecule has 7 nitrogen and oxygen atoms in total. The van der Waals surface area contributed by atoms with E-state index in [1.54, 1.807) is 48.4 Å². The molecule has 0 spiro atoms. The third kappa shape index (κ3) is 6.14. The number of methoxy groups -OCH3 is 1. The van der Waals surface area contributed by atoms with Crippen LogP contribution in [-0.2, 0) is 16.1 Å². The highest BCUT2D eigenvalue weighted by atomic mass is 79.9. The molecule has 1 aliphatic rings. The highest BCUT2D eigenvalue weighted by Crippen LogP contribution is 2.38. The predicted molar refractivity (Wildman–Crippen MR) is 145 cm³/mol. The molecule has 1 unspecified atom stereocenters. The highest BCUT2D eigenvalue weighted by molar-refractivity contribution is 9.10. The first-order chi connectivity index (χ1) is 17.4. The van der Waals surface area contributed by atoms with Gasteiger partial charge in [0.25, 0.3) is 5.91 Å². The minimum Gasteiger partial charge on any atom is -0.496 e. The van der Waals surface area contributed by atoms with Crippen molar-refractivity contribution in [2.45, 2.75) is 25.4 Å². The number of carbonyl (C=O) groups is 3. The lowest BCUT2D eigenvalue weighted by molar-refractivity contribution is -0.143. The molecule has 36 heavy (non-hydrogen) atoms. The van der Waals surface area contributed by atoms with Crippen molar-refractivity contribution in [2.24, 2.45) is 0 Å². The van der Waals surface area contributed by atoms with Gasteiger partial charge in [0.1, 0.15) is 5.75 Å². The summed E-state index contributed by atoms with van der Waals surface area (Å²) in [5, 5.41) is 5.56. The number of ether oxygens (including phenoxy) is 1. The summed E-state index contributed by atoms with van der Waals surface area (Å²) in [5.41, 5.74) is 2.82. The molecule has 1 fully saturated rings. The van der Waals surface area contributed by atoms with Gasteiger partial charge in [-0.25, -0.2) is 0 Å². The SMILES string of the molecule is COc1ccc(Br)cc1C1CCCN1C(=O)C(=O)Nc1ccc(CNC(=O)c2ccc(Br)cc2)cc1. The van der Waals surface area contributed by atoms with E-state index in [-0.39, 0.29) is 11.9 Å². The second-order valence-corrected chi connectivity index (χ2v) is 10.2. The van der Waals surface area contributed by atoms with E-state index in [9.17, 15) is 14.4 Å². The van der Waals surface area contributed by atoms with E-state index in [2.05, 4.69) is 42.5 Å². The van der Waals surface area contributed by atoms with E-state index in [0.29, 0.717) is 30.1 Å². The van der Waals surface area contributed by atoms with Crippen molar-refractivity contribution in [3.05, 3.63) is 92.4 Å². The van der Waals surface area contributed by atoms with Crippen LogP contribution < -0.4 is 15.4 Å². The molecule has 2 N–H and O–H groups in total. The Morgan fingerprint density at radius 3 is 2.36 bits per heavy atom. The maximum atomic E-state index is 13.0. The molecule has 9 heteroatoms. The van der Waals surface area contributed by atoms with Gasteiger partial charge in [0.2, 0.25) is 0 Å². The third-order valence-corrected chi connectivity index (χ3v) is 7.05. The number of anilines is 1. The smallest absolute Gasteiger partial charge is 0.313 e. The maximum Gasteiger partial charge on any atom is 0.313 e. The molecule has 3 aromatic carbocycles. The minimum atomic E-state index is -0.688. The van der Waals surface area contributed by atoms with Crippen molar-refractivity contribution in [1.82, 2.24) is 10.2 Å². The normalized spacial score (nSPS) is 14.9. The number of benzene rings is 3. The first-order valence-electron chi connectivity index (χ1n) is 11.4. The van der Waals surface area contributed by atoms with E-state index in [1.807, 2.05) is 30.3 Å². The first kappa shape index (κ1) is 25.9. The molecule has 1 saturated heterocycles. The summed E-state index contributed by atoms with van der Waals surface area (Å²) in [6.07, 6.45) is 1.56. The Bertz CT molecular complexity index is 1260. The van der Waals surface area contributed by atoms with Gasteiger partial charge in [-0.05, 0) is 73.0 Å². The van der Waals surface area contributed by atoms with Gasteiger partial charge in [-0.2, -0.15) is 0 Å². The number of rotatable bonds is 6. The fourth-order valence-corrected chi connectivity index (χ4v) is 4.85. The number of amides is 3. The van der Waals surface area contributed by atoms with Gasteiger partial charge in [-0.15, -0.1) is 0 Å². The number of hydrogen-bond acceptors (Lipinski definition) is 4. The van der Waals surface area contributed by atoms with Gasteiger partial charge in [0.15, 0.2) is 0 Å². The van der Waals surface area contributed by atoms with Crippen molar-refractivity contribution in [2.75, 3.05) is 19.0 Å². The predicted octanol–water partition coefficient (Wildman–Crippen LogP) is 5.45. The second-order valence-electron chi connectivity index (χ2n) is 8.38. The fourth-order valence-electron chi connectivity index (χ4n) is 4.21. The molecule has 3 aromatic rings. The minimum absolute atomic E-state index is 0.173. The molecular weight excluding hydrogens is 590 g/mol. The number of likely N-dealkylation sites (tertiary alicyclic amines) is 1. The lowest BCUT2D eigenvalue weighted by atomic mass is 10.0. The van der Waals surface area contributed by atoms with E-state index >= 15 is 0 Å². The van der Waals surface area contributed by atoms with Crippen LogP contribution in [-0.4, -0.2) is 36.3 Å². The molecule has 4 rings (SSSR count). The first-order valence-corrected chi connectivity index (χ1v) is 13.0. The van der Waals surface area contributed by atoms with Crippen LogP contribution in [0.3, 0.4) is 0 Å². The van der Waals surface area contributed by atoms with Crippen molar-refractivity contribution in [3.8, 4) is 5.75 Å². The summed E-state index contributed by atoms with van der Waals surface area (Å²) in [6, 6.07) is 19.6. The number of hydrogen-bond donors (Lipinski definition) is 2. The average molecular weight is 615 g/mol. The van der Waals surface area contributed by atoms with Crippen molar-refractivity contribution in [1.29, 1.82) is 0 Å². The van der Waals surface area contributed by atoms with E-state index in [1.165, 1.54) is 0 Å². The van der Waals surface area contributed by atoms with Gasteiger partial charge in [0.05, 0.1) is 13.2 Å². The van der Waals surface area contributed by atoms with Crippen LogP contribution in [0.2, 0.25) is 0 Å². The molecule has 1 atom stereocenters. The standard InChI is InChI=1S/C27H25Br2N3O4/c1-36-24-13-10-20(29)15-22(24)23-3-2-14-32(23)27(35)26(34)31-21-11-4-17(5-12-21)16-30-25(33)18-6-8-19(28)9-7-18/h4-13,15,23H,2-3,14,16H2,1H3,(H,30,33)(H,31,34). The number of nitrogens with zero attached hydrogens (tertiary/aromatic N) is 1. The topological polar surface area (TPSA) is 87.7 Å². The molecule has 186 valence electrons. The van der Waals surface area contributed by atoms with Gasteiger partial charge < -0.3 is 20.3 Å². The fraction of sp³-hybridized carbons (Fsp3) is 0.222. The summed E-state index contributed by atoms with van der Waals surface area (Å²) in [5.74, 6) is -0.753. The monoisotopic (exact) mass is 613 g/mol. The Morgan fingerprint density at radius 2 is 1.67 bits per heavy atom. The van der Waals surface area contributed by atoms with Gasteiger partial charge in [-0.3, -0.25) is 14.4 Å². The summed E-state index contributed by atoms with van der Waals surface area (Å²) >= 11 is 6.83. The molecule has 0 aliphatic carbocycles. The molecular formula is C27H25Br2N3O4. The van der Waals surface area contributed by atoms with Crippen LogP contribution in [0.4, 0.5) is 5.69 Å². The molecule has 0 aromatic heterocycles. The Balaban J connectivity index is 1.35. The zero-order valence-electron chi connectivity index (χ0n) is 19.6. The van der Waals surface area contributed by atoms with Crippen molar-refractivity contribution < 1.29 is 19.1 Å². The summed E-state index contributed by atoms with van der Waals surface area (Å²) < 4.78 is 7.28. The quantitative estimate of drug-likeness (QED) is 0.361. The largest absolute Gasteiger partial charge is 0.496 e. The van der Waals surface area contributed by atoms with Crippen molar-refractivity contribution in [3.63, 3.8) is 0 Å². The average Bonchev–Trinajstić information content (AvgIpc) is 3.38. The van der Waals surface area contributed by atoms with Crippen molar-refractivity contribution >= 4 is 55.3 Å². The summed E-state index contributed by atoms with van der Waals surface area (Å²) in [4.78, 5) is 39.7. The molecule has 0 saturated carbocycles. The molecule has 0 bridgehead atoms. The highest BCUT2D eigenvalue weighted by Gasteiger charge is 2.35. The lowest BCUT2D eigenvalue weighted by Crippen LogP contribution is -2.39. The Morgan fingerprint density at radius 1 is 0.972 bits per heavy atom. The Hall–Kier alpha value is -3.17. The van der Waals surface area contributed by atoms with Crippen LogP contribution in [0.15, 0.2) is 75.7 Å². The molecule has 0 radical (unpaired) electrons. The molecule has 1 aliphatic heterocycles. The van der Waals surface area contributed by atoms with E-state index in [0.717, 1.165) is 32.9 Å². The van der Waals surface area contributed by atoms with Gasteiger partial charge >= 0.3 is 11.8 Å².